The highest BCUT2D eigenvalue weighted by Crippen LogP contribution is 2.37. The van der Waals surface area contributed by atoms with Crippen LogP contribution in [0, 0.1) is 17.8 Å². The van der Waals surface area contributed by atoms with E-state index in [0.717, 1.165) is 46.0 Å². The summed E-state index contributed by atoms with van der Waals surface area (Å²) in [6.07, 6.45) is 2.35. The summed E-state index contributed by atoms with van der Waals surface area (Å²) in [6.45, 7) is 5.77. The SMILES string of the molecule is CC1Cc2cc(Cl)cc(Br)c2C1=O.CC1Cc2cc(Cl)cc(Cl)c2C1=O.CC1Cc2ccc(Cl)c(Cl)c2C1=O. The lowest BCUT2D eigenvalue weighted by Crippen LogP contribution is -2.03. The van der Waals surface area contributed by atoms with Gasteiger partial charge in [-0.05, 0) is 82.2 Å². The van der Waals surface area contributed by atoms with E-state index in [9.17, 15) is 14.4 Å². The molecule has 0 saturated heterocycles. The molecule has 204 valence electrons. The number of carbonyl (C=O) groups excluding carboxylic acids is 3. The van der Waals surface area contributed by atoms with E-state index >= 15 is 0 Å². The minimum absolute atomic E-state index is 0.0472. The molecular weight excluding hydrogens is 665 g/mol. The summed E-state index contributed by atoms with van der Waals surface area (Å²) < 4.78 is 0.823. The van der Waals surface area contributed by atoms with Crippen LogP contribution < -0.4 is 0 Å². The van der Waals surface area contributed by atoms with Crippen molar-refractivity contribution in [1.29, 1.82) is 0 Å². The van der Waals surface area contributed by atoms with E-state index in [2.05, 4.69) is 15.9 Å². The maximum absolute atomic E-state index is 11.7. The molecule has 0 aliphatic heterocycles. The monoisotopic (exact) mass is 686 g/mol. The van der Waals surface area contributed by atoms with Crippen LogP contribution in [0.2, 0.25) is 25.1 Å². The number of rotatable bonds is 0. The smallest absolute Gasteiger partial charge is 0.167 e. The van der Waals surface area contributed by atoms with Gasteiger partial charge >= 0.3 is 0 Å². The molecule has 3 atom stereocenters. The summed E-state index contributed by atoms with van der Waals surface area (Å²) in [5, 5.41) is 2.64. The topological polar surface area (TPSA) is 51.2 Å². The van der Waals surface area contributed by atoms with Gasteiger partial charge in [0.05, 0.1) is 15.1 Å². The zero-order valence-electron chi connectivity index (χ0n) is 21.3. The predicted octanol–water partition coefficient (Wildman–Crippen LogP) is 10.2. The number of benzene rings is 3. The molecule has 3 aliphatic rings. The summed E-state index contributed by atoms with van der Waals surface area (Å²) in [5.41, 5.74) is 5.18. The molecule has 0 bridgehead atoms. The second kappa shape index (κ2) is 12.2. The summed E-state index contributed by atoms with van der Waals surface area (Å²) in [6, 6.07) is 10.7. The average Bonchev–Trinajstić information content (AvgIpc) is 3.42. The van der Waals surface area contributed by atoms with Crippen molar-refractivity contribution in [3.8, 4) is 0 Å². The molecule has 0 aromatic heterocycles. The van der Waals surface area contributed by atoms with E-state index in [1.54, 1.807) is 18.2 Å². The van der Waals surface area contributed by atoms with Crippen LogP contribution in [-0.2, 0) is 19.3 Å². The quantitative estimate of drug-likeness (QED) is 0.236. The van der Waals surface area contributed by atoms with Crippen molar-refractivity contribution in [3.63, 3.8) is 0 Å². The van der Waals surface area contributed by atoms with Crippen LogP contribution in [0.25, 0.3) is 0 Å². The van der Waals surface area contributed by atoms with Crippen LogP contribution in [-0.4, -0.2) is 17.3 Å². The third kappa shape index (κ3) is 6.27. The third-order valence-corrected chi connectivity index (χ3v) is 9.28. The molecule has 0 spiro atoms. The molecule has 0 radical (unpaired) electrons. The Morgan fingerprint density at radius 2 is 1.05 bits per heavy atom. The maximum atomic E-state index is 11.7. The van der Waals surface area contributed by atoms with Gasteiger partial charge in [-0.3, -0.25) is 14.4 Å². The lowest BCUT2D eigenvalue weighted by molar-refractivity contribution is 0.0938. The molecule has 39 heavy (non-hydrogen) atoms. The molecule has 0 N–H and O–H groups in total. The summed E-state index contributed by atoms with van der Waals surface area (Å²) in [5.74, 6) is 0.666. The number of ketones is 3. The molecule has 3 aliphatic carbocycles. The largest absolute Gasteiger partial charge is 0.294 e. The van der Waals surface area contributed by atoms with Crippen molar-refractivity contribution in [2.24, 2.45) is 17.8 Å². The zero-order chi connectivity index (χ0) is 28.8. The Morgan fingerprint density at radius 3 is 1.64 bits per heavy atom. The highest BCUT2D eigenvalue weighted by molar-refractivity contribution is 9.10. The zero-order valence-corrected chi connectivity index (χ0v) is 26.7. The van der Waals surface area contributed by atoms with Gasteiger partial charge in [0.1, 0.15) is 0 Å². The molecule has 0 heterocycles. The van der Waals surface area contributed by atoms with Crippen molar-refractivity contribution in [3.05, 3.63) is 99.4 Å². The summed E-state index contributed by atoms with van der Waals surface area (Å²) in [4.78, 5) is 34.9. The van der Waals surface area contributed by atoms with Gasteiger partial charge in [0, 0.05) is 49.0 Å². The van der Waals surface area contributed by atoms with Gasteiger partial charge in [0.2, 0.25) is 0 Å². The highest BCUT2D eigenvalue weighted by Gasteiger charge is 2.31. The Labute approximate surface area is 261 Å². The molecule has 9 heteroatoms. The van der Waals surface area contributed by atoms with E-state index in [1.807, 2.05) is 39.0 Å². The fraction of sp³-hybridized carbons (Fsp3) is 0.300. The van der Waals surface area contributed by atoms with Gasteiger partial charge in [0.25, 0.3) is 0 Å². The molecular formula is C30H24BrCl5O3. The standard InChI is InChI=1S/C10H8BrClO.2C10H8Cl2O/c1-5-2-6-3-7(12)4-8(11)9(6)10(5)13;1-5-2-6-3-7(11)4-8(12)9(6)10(5)13;1-5-4-6-2-3-7(11)9(12)8(6)10(5)13/h2*3-5H,2H2,1H3;2-3,5H,4H2,1H3. The Bertz CT molecular complexity index is 1440. The van der Waals surface area contributed by atoms with Crippen LogP contribution in [0.3, 0.4) is 0 Å². The minimum Gasteiger partial charge on any atom is -0.294 e. The normalized spacial score (nSPS) is 20.5. The van der Waals surface area contributed by atoms with Crippen molar-refractivity contribution < 1.29 is 14.4 Å². The van der Waals surface area contributed by atoms with Crippen LogP contribution >= 0.6 is 73.9 Å². The molecule has 3 aromatic rings. The fourth-order valence-electron chi connectivity index (χ4n) is 5.16. The van der Waals surface area contributed by atoms with E-state index in [1.165, 1.54) is 0 Å². The van der Waals surface area contributed by atoms with E-state index in [-0.39, 0.29) is 35.1 Å². The van der Waals surface area contributed by atoms with Gasteiger partial charge in [-0.15, -0.1) is 0 Å². The first-order valence-corrected chi connectivity index (χ1v) is 15.0. The fourth-order valence-corrected chi connectivity index (χ4v) is 7.29. The number of carbonyl (C=O) groups is 3. The molecule has 6 rings (SSSR count). The van der Waals surface area contributed by atoms with Crippen LogP contribution in [0.15, 0.2) is 40.9 Å². The molecule has 3 unspecified atom stereocenters. The lowest BCUT2D eigenvalue weighted by Gasteiger charge is -2.01. The number of Topliss-reactive ketones (excluding diaryl/α,β-unsaturated/α-hetero) is 3. The number of fused-ring (bicyclic) bond motifs is 3. The Hall–Kier alpha value is -1.40. The van der Waals surface area contributed by atoms with Crippen LogP contribution in [0.1, 0.15) is 68.5 Å². The van der Waals surface area contributed by atoms with Crippen molar-refractivity contribution in [2.75, 3.05) is 0 Å². The van der Waals surface area contributed by atoms with Gasteiger partial charge in [-0.2, -0.15) is 0 Å². The minimum atomic E-state index is 0.0472. The average molecular weight is 690 g/mol. The number of hydrogen-bond acceptors (Lipinski definition) is 3. The van der Waals surface area contributed by atoms with Crippen molar-refractivity contribution in [2.45, 2.75) is 40.0 Å². The van der Waals surface area contributed by atoms with E-state index in [4.69, 9.17) is 58.0 Å². The van der Waals surface area contributed by atoms with Gasteiger partial charge < -0.3 is 0 Å². The highest BCUT2D eigenvalue weighted by atomic mass is 79.9. The molecule has 0 fully saturated rings. The summed E-state index contributed by atoms with van der Waals surface area (Å²) >= 11 is 32.8. The third-order valence-electron chi connectivity index (χ3n) is 7.11. The van der Waals surface area contributed by atoms with Crippen molar-refractivity contribution in [1.82, 2.24) is 0 Å². The lowest BCUT2D eigenvalue weighted by atomic mass is 10.1. The maximum Gasteiger partial charge on any atom is 0.167 e. The van der Waals surface area contributed by atoms with Crippen LogP contribution in [0.5, 0.6) is 0 Å². The molecule has 3 aromatic carbocycles. The first-order valence-electron chi connectivity index (χ1n) is 12.3. The van der Waals surface area contributed by atoms with Crippen LogP contribution in [0.4, 0.5) is 0 Å². The number of hydrogen-bond donors (Lipinski definition) is 0. The Balaban J connectivity index is 0.000000136. The Kier molecular flexibility index (Phi) is 9.58. The van der Waals surface area contributed by atoms with E-state index < -0.39 is 0 Å². The first kappa shape index (κ1) is 30.6. The first-order chi connectivity index (χ1) is 18.3. The second-order valence-corrected chi connectivity index (χ2v) is 13.1. The molecule has 0 saturated carbocycles. The summed E-state index contributed by atoms with van der Waals surface area (Å²) in [7, 11) is 0. The molecule has 3 nitrogen and oxygen atoms in total. The second-order valence-electron chi connectivity index (χ2n) is 10.1. The van der Waals surface area contributed by atoms with E-state index in [0.29, 0.717) is 36.2 Å². The van der Waals surface area contributed by atoms with Gasteiger partial charge in [-0.25, -0.2) is 0 Å². The van der Waals surface area contributed by atoms with Gasteiger partial charge in [-0.1, -0.05) is 84.8 Å². The number of halogens is 6. The predicted molar refractivity (Wildman–Crippen MR) is 164 cm³/mol. The Morgan fingerprint density at radius 1 is 0.590 bits per heavy atom. The molecule has 0 amide bonds. The van der Waals surface area contributed by atoms with Crippen molar-refractivity contribution >= 4 is 91.3 Å². The van der Waals surface area contributed by atoms with Gasteiger partial charge in [0.15, 0.2) is 17.3 Å².